The molecule has 1 saturated heterocycles. The van der Waals surface area contributed by atoms with E-state index in [1.807, 2.05) is 6.92 Å². The molecule has 1 aliphatic rings. The van der Waals surface area contributed by atoms with Crippen molar-refractivity contribution in [1.82, 2.24) is 10.2 Å². The summed E-state index contributed by atoms with van der Waals surface area (Å²) in [6, 6.07) is 0.127. The molecule has 3 N–H and O–H groups in total. The summed E-state index contributed by atoms with van der Waals surface area (Å²) in [5.74, 6) is -0.0783. The molecule has 3 unspecified atom stereocenters. The number of hydrogen-bond acceptors (Lipinski definition) is 3. The van der Waals surface area contributed by atoms with Crippen LogP contribution in [0.25, 0.3) is 0 Å². The van der Waals surface area contributed by atoms with Crippen LogP contribution in [0, 0.1) is 11.8 Å². The lowest BCUT2D eigenvalue weighted by Crippen LogP contribution is -2.53. The Morgan fingerprint density at radius 1 is 1.35 bits per heavy atom. The van der Waals surface area contributed by atoms with Crippen molar-refractivity contribution in [2.75, 3.05) is 19.6 Å². The summed E-state index contributed by atoms with van der Waals surface area (Å²) in [4.78, 5) is 25.3. The van der Waals surface area contributed by atoms with Gasteiger partial charge < -0.3 is 16.0 Å². The van der Waals surface area contributed by atoms with E-state index < -0.39 is 11.8 Å². The molecule has 0 aliphatic carbocycles. The molecule has 3 atom stereocenters. The lowest BCUT2D eigenvalue weighted by atomic mass is 9.86. The third kappa shape index (κ3) is 3.43. The maximum Gasteiger partial charge on any atom is 0.312 e. The fraction of sp³-hybridized carbons (Fsp3) is 0.833. The lowest BCUT2D eigenvalue weighted by Gasteiger charge is -2.40. The minimum atomic E-state index is -0.538. The highest BCUT2D eigenvalue weighted by molar-refractivity contribution is 6.35. The molecule has 0 spiro atoms. The van der Waals surface area contributed by atoms with Crippen molar-refractivity contribution in [3.8, 4) is 0 Å². The second-order valence-electron chi connectivity index (χ2n) is 5.06. The van der Waals surface area contributed by atoms with Crippen LogP contribution in [0.4, 0.5) is 0 Å². The van der Waals surface area contributed by atoms with E-state index in [-0.39, 0.29) is 6.04 Å². The predicted octanol–water partition coefficient (Wildman–Crippen LogP) is -0.0457. The van der Waals surface area contributed by atoms with Gasteiger partial charge >= 0.3 is 11.8 Å². The fourth-order valence-electron chi connectivity index (χ4n) is 2.37. The Morgan fingerprint density at radius 2 is 2.00 bits per heavy atom. The second kappa shape index (κ2) is 6.00. The Hall–Kier alpha value is -1.10. The van der Waals surface area contributed by atoms with Crippen molar-refractivity contribution in [3.05, 3.63) is 0 Å². The topological polar surface area (TPSA) is 75.4 Å². The standard InChI is InChI=1S/C12H23N3O2/c1-8-6-9(2)10(3)15(7-8)12(17)11(16)14-5-4-13/h8-10H,4-7,13H2,1-3H3,(H,14,16). The molecule has 0 aromatic carbocycles. The first kappa shape index (κ1) is 14.0. The van der Waals surface area contributed by atoms with Gasteiger partial charge in [-0.2, -0.15) is 0 Å². The van der Waals surface area contributed by atoms with E-state index in [0.29, 0.717) is 31.5 Å². The van der Waals surface area contributed by atoms with Crippen LogP contribution in [0.3, 0.4) is 0 Å². The van der Waals surface area contributed by atoms with E-state index in [1.54, 1.807) is 4.90 Å². The Bertz CT molecular complexity index is 293. The zero-order valence-corrected chi connectivity index (χ0v) is 10.9. The van der Waals surface area contributed by atoms with Crippen LogP contribution in [0.2, 0.25) is 0 Å². The van der Waals surface area contributed by atoms with Crippen molar-refractivity contribution in [2.45, 2.75) is 33.2 Å². The molecule has 2 amide bonds. The summed E-state index contributed by atoms with van der Waals surface area (Å²) in [7, 11) is 0. The molecule has 17 heavy (non-hydrogen) atoms. The molecule has 0 aromatic rings. The summed E-state index contributed by atoms with van der Waals surface area (Å²) in [6.45, 7) is 7.60. The predicted molar refractivity (Wildman–Crippen MR) is 66.2 cm³/mol. The molecule has 1 heterocycles. The number of amides is 2. The normalized spacial score (nSPS) is 28.9. The SMILES string of the molecule is CC1CC(C)C(C)N(C(=O)C(=O)NCCN)C1. The zero-order valence-electron chi connectivity index (χ0n) is 10.9. The highest BCUT2D eigenvalue weighted by Gasteiger charge is 2.34. The van der Waals surface area contributed by atoms with Crippen molar-refractivity contribution in [3.63, 3.8) is 0 Å². The van der Waals surface area contributed by atoms with Crippen molar-refractivity contribution in [1.29, 1.82) is 0 Å². The third-order valence-corrected chi connectivity index (χ3v) is 3.48. The molecule has 5 heteroatoms. The van der Waals surface area contributed by atoms with Gasteiger partial charge in [0, 0.05) is 25.7 Å². The van der Waals surface area contributed by atoms with Crippen LogP contribution in [-0.4, -0.2) is 42.4 Å². The quantitative estimate of drug-likeness (QED) is 0.666. The van der Waals surface area contributed by atoms with Gasteiger partial charge in [0.15, 0.2) is 0 Å². The van der Waals surface area contributed by atoms with Gasteiger partial charge in [-0.05, 0) is 25.2 Å². The number of nitrogens with two attached hydrogens (primary N) is 1. The first-order valence-electron chi connectivity index (χ1n) is 6.26. The van der Waals surface area contributed by atoms with Crippen LogP contribution < -0.4 is 11.1 Å². The number of carbonyl (C=O) groups excluding carboxylic acids is 2. The highest BCUT2D eigenvalue weighted by Crippen LogP contribution is 2.26. The maximum atomic E-state index is 12.0. The highest BCUT2D eigenvalue weighted by atomic mass is 16.2. The number of carbonyl (C=O) groups is 2. The van der Waals surface area contributed by atoms with Crippen LogP contribution >= 0.6 is 0 Å². The monoisotopic (exact) mass is 241 g/mol. The number of rotatable bonds is 2. The first-order valence-corrected chi connectivity index (χ1v) is 6.26. The zero-order chi connectivity index (χ0) is 13.0. The summed E-state index contributed by atoms with van der Waals surface area (Å²) in [5, 5.41) is 2.52. The van der Waals surface area contributed by atoms with E-state index in [2.05, 4.69) is 19.2 Å². The van der Waals surface area contributed by atoms with E-state index in [0.717, 1.165) is 6.42 Å². The molecular formula is C12H23N3O2. The molecule has 1 rings (SSSR count). The van der Waals surface area contributed by atoms with Gasteiger partial charge in [-0.3, -0.25) is 9.59 Å². The Kier molecular flexibility index (Phi) is 4.93. The summed E-state index contributed by atoms with van der Waals surface area (Å²) < 4.78 is 0. The first-order chi connectivity index (χ1) is 7.97. The minimum absolute atomic E-state index is 0.127. The van der Waals surface area contributed by atoms with Crippen LogP contribution in [-0.2, 0) is 9.59 Å². The van der Waals surface area contributed by atoms with Gasteiger partial charge in [0.1, 0.15) is 0 Å². The summed E-state index contributed by atoms with van der Waals surface area (Å²) in [5.41, 5.74) is 5.29. The molecule has 0 saturated carbocycles. The number of hydrogen-bond donors (Lipinski definition) is 2. The molecule has 0 bridgehead atoms. The Labute approximate surface area is 103 Å². The average molecular weight is 241 g/mol. The van der Waals surface area contributed by atoms with Crippen molar-refractivity contribution >= 4 is 11.8 Å². The lowest BCUT2D eigenvalue weighted by molar-refractivity contribution is -0.149. The molecular weight excluding hydrogens is 218 g/mol. The van der Waals surface area contributed by atoms with Crippen LogP contribution in [0.15, 0.2) is 0 Å². The molecule has 0 aromatic heterocycles. The van der Waals surface area contributed by atoms with Crippen molar-refractivity contribution in [2.24, 2.45) is 17.6 Å². The van der Waals surface area contributed by atoms with Gasteiger partial charge in [0.2, 0.25) is 0 Å². The van der Waals surface area contributed by atoms with E-state index >= 15 is 0 Å². The van der Waals surface area contributed by atoms with E-state index in [9.17, 15) is 9.59 Å². The maximum absolute atomic E-state index is 12.0. The summed E-state index contributed by atoms with van der Waals surface area (Å²) >= 11 is 0. The van der Waals surface area contributed by atoms with Gasteiger partial charge in [0.25, 0.3) is 0 Å². The number of nitrogens with one attached hydrogen (secondary N) is 1. The number of piperidine rings is 1. The number of nitrogens with zero attached hydrogens (tertiary/aromatic N) is 1. The van der Waals surface area contributed by atoms with Crippen LogP contribution in [0.5, 0.6) is 0 Å². The van der Waals surface area contributed by atoms with Gasteiger partial charge in [-0.15, -0.1) is 0 Å². The minimum Gasteiger partial charge on any atom is -0.347 e. The van der Waals surface area contributed by atoms with Gasteiger partial charge in [-0.1, -0.05) is 13.8 Å². The molecule has 1 aliphatic heterocycles. The molecule has 5 nitrogen and oxygen atoms in total. The van der Waals surface area contributed by atoms with Gasteiger partial charge in [0.05, 0.1) is 0 Å². The van der Waals surface area contributed by atoms with Crippen molar-refractivity contribution < 1.29 is 9.59 Å². The third-order valence-electron chi connectivity index (χ3n) is 3.48. The average Bonchev–Trinajstić information content (AvgIpc) is 2.29. The second-order valence-corrected chi connectivity index (χ2v) is 5.06. The largest absolute Gasteiger partial charge is 0.347 e. The van der Waals surface area contributed by atoms with E-state index in [4.69, 9.17) is 5.73 Å². The van der Waals surface area contributed by atoms with Crippen LogP contribution in [0.1, 0.15) is 27.2 Å². The molecule has 1 fully saturated rings. The number of likely N-dealkylation sites (tertiary alicyclic amines) is 1. The van der Waals surface area contributed by atoms with E-state index in [1.165, 1.54) is 0 Å². The Morgan fingerprint density at radius 3 is 2.59 bits per heavy atom. The fourth-order valence-corrected chi connectivity index (χ4v) is 2.37. The molecule has 0 radical (unpaired) electrons. The molecule has 98 valence electrons. The van der Waals surface area contributed by atoms with Gasteiger partial charge in [-0.25, -0.2) is 0 Å². The Balaban J connectivity index is 2.63. The smallest absolute Gasteiger partial charge is 0.312 e. The summed E-state index contributed by atoms with van der Waals surface area (Å²) in [6.07, 6.45) is 1.11.